The largest absolute Gasteiger partial charge is 0.496 e. The van der Waals surface area contributed by atoms with Crippen molar-refractivity contribution in [2.75, 3.05) is 25.6 Å². The monoisotopic (exact) mass is 789 g/mol. The van der Waals surface area contributed by atoms with Gasteiger partial charge in [0.1, 0.15) is 30.0 Å². The number of methoxy groups -OCH3 is 1. The molecule has 56 heavy (non-hydrogen) atoms. The minimum atomic E-state index is -1.50. The molecule has 3 saturated carbocycles. The van der Waals surface area contributed by atoms with E-state index in [0.717, 1.165) is 29.7 Å². The van der Waals surface area contributed by atoms with Gasteiger partial charge < -0.3 is 39.5 Å². The summed E-state index contributed by atoms with van der Waals surface area (Å²) in [5, 5.41) is 12.9. The van der Waals surface area contributed by atoms with Crippen LogP contribution in [-0.4, -0.2) is 73.5 Å². The lowest BCUT2D eigenvalue weighted by Crippen LogP contribution is -2.71. The summed E-state index contributed by atoms with van der Waals surface area (Å²) in [6.45, 7) is 14.1. The zero-order valence-corrected chi connectivity index (χ0v) is 34.0. The van der Waals surface area contributed by atoms with Gasteiger partial charge >= 0.3 is 25.2 Å². The van der Waals surface area contributed by atoms with E-state index in [1.807, 2.05) is 51.1 Å². The van der Waals surface area contributed by atoms with Gasteiger partial charge in [0, 0.05) is 11.9 Å². The van der Waals surface area contributed by atoms with Crippen molar-refractivity contribution in [1.29, 1.82) is 0 Å². The number of benzene rings is 2. The first-order valence-electron chi connectivity index (χ1n) is 18.9. The van der Waals surface area contributed by atoms with E-state index in [1.54, 1.807) is 36.6 Å². The molecule has 0 spiro atoms. The van der Waals surface area contributed by atoms with Crippen molar-refractivity contribution in [3.8, 4) is 5.75 Å². The van der Waals surface area contributed by atoms with E-state index >= 15 is 0 Å². The Kier molecular flexibility index (Phi) is 11.8. The molecule has 1 aliphatic heterocycles. The number of esters is 1. The summed E-state index contributed by atoms with van der Waals surface area (Å²) in [5.41, 5.74) is -1.83. The van der Waals surface area contributed by atoms with Crippen LogP contribution in [0.25, 0.3) is 0 Å². The van der Waals surface area contributed by atoms with E-state index in [0.29, 0.717) is 18.2 Å². The molecule has 3 aromatic rings. The minimum Gasteiger partial charge on any atom is -0.496 e. The van der Waals surface area contributed by atoms with Gasteiger partial charge in [-0.2, -0.15) is 0 Å². The Bertz CT molecular complexity index is 1920. The smallest absolute Gasteiger partial charge is 0.489 e. The highest BCUT2D eigenvalue weighted by atomic mass is 32.1. The van der Waals surface area contributed by atoms with Gasteiger partial charge in [0.2, 0.25) is 5.91 Å². The number of hydrogen-bond donors (Lipinski definition) is 4. The van der Waals surface area contributed by atoms with E-state index in [4.69, 9.17) is 23.5 Å². The molecule has 4 amide bonds. The van der Waals surface area contributed by atoms with E-state index in [9.17, 15) is 19.2 Å². The Balaban J connectivity index is 1.31. The van der Waals surface area contributed by atoms with Crippen molar-refractivity contribution >= 4 is 47.6 Å². The lowest BCUT2D eigenvalue weighted by atomic mass is 9.43. The van der Waals surface area contributed by atoms with Gasteiger partial charge in [-0.15, -0.1) is 11.3 Å². The van der Waals surface area contributed by atoms with Crippen molar-refractivity contribution in [2.24, 2.45) is 22.7 Å². The number of urea groups is 1. The highest BCUT2D eigenvalue weighted by Gasteiger charge is 2.72. The van der Waals surface area contributed by atoms with E-state index in [-0.39, 0.29) is 47.0 Å². The van der Waals surface area contributed by atoms with Crippen molar-refractivity contribution in [3.05, 3.63) is 76.8 Å². The highest BCUT2D eigenvalue weighted by Crippen LogP contribution is 2.66. The third-order valence-corrected chi connectivity index (χ3v) is 12.7. The number of hydrogen-bond acceptors (Lipinski definition) is 11. The van der Waals surface area contributed by atoms with Crippen molar-refractivity contribution < 1.29 is 42.7 Å². The first kappa shape index (κ1) is 41.0. The van der Waals surface area contributed by atoms with Gasteiger partial charge in [-0.05, 0) is 67.1 Å². The van der Waals surface area contributed by atoms with Gasteiger partial charge in [0.25, 0.3) is 0 Å². The molecule has 4 aliphatic rings. The van der Waals surface area contributed by atoms with Crippen molar-refractivity contribution in [1.82, 2.24) is 20.9 Å². The topological polar surface area (TPSA) is 175 Å². The van der Waals surface area contributed by atoms with Crippen LogP contribution in [0.5, 0.6) is 5.75 Å². The molecule has 6 atom stereocenters. The maximum Gasteiger partial charge on any atom is 0.489 e. The second-order valence-corrected chi connectivity index (χ2v) is 17.3. The number of ether oxygens (including phenoxy) is 3. The van der Waals surface area contributed by atoms with Gasteiger partial charge in [-0.3, -0.25) is 10.1 Å². The molecule has 2 aromatic carbocycles. The van der Waals surface area contributed by atoms with Gasteiger partial charge in [0.15, 0.2) is 11.2 Å². The summed E-state index contributed by atoms with van der Waals surface area (Å²) in [7, 11) is 0.412. The van der Waals surface area contributed by atoms with Crippen LogP contribution < -0.4 is 26.0 Å². The molecule has 14 nitrogen and oxygen atoms in total. The molecule has 1 saturated heterocycles. The summed E-state index contributed by atoms with van der Waals surface area (Å²) in [4.78, 5) is 58.8. The third kappa shape index (κ3) is 7.96. The van der Waals surface area contributed by atoms with Gasteiger partial charge in [0.05, 0.1) is 24.5 Å². The molecule has 1 aromatic heterocycles. The Morgan fingerprint density at radius 2 is 1.73 bits per heavy atom. The van der Waals surface area contributed by atoms with Crippen LogP contribution >= 0.6 is 11.3 Å². The third-order valence-electron chi connectivity index (χ3n) is 11.9. The van der Waals surface area contributed by atoms with E-state index < -0.39 is 53.6 Å². The number of thiazole rings is 1. The van der Waals surface area contributed by atoms with Crippen LogP contribution in [0.15, 0.2) is 60.0 Å². The molecular formula is C40H52BN5O9S. The quantitative estimate of drug-likeness (QED) is 0.114. The van der Waals surface area contributed by atoms with Crippen LogP contribution in [0.4, 0.5) is 14.7 Å². The molecule has 0 radical (unpaired) electrons. The maximum atomic E-state index is 14.8. The number of carbonyl (C=O) groups is 4. The molecule has 2 bridgehead atoms. The molecule has 4 N–H and O–H groups in total. The second kappa shape index (κ2) is 16.1. The molecule has 7 rings (SSSR count). The molecule has 2 heterocycles. The number of carbonyl (C=O) groups excluding carboxylic acids is 4. The Morgan fingerprint density at radius 1 is 1.02 bits per heavy atom. The molecule has 4 fully saturated rings. The standard InChI is InChI=1S/C40H52BN5O9S/c1-9-42-34(49)44-31(27-22-56-35(43-27)45-36(50)52-21-24-15-11-10-12-16-24)32(47)46-40(37(2,3)4,23-53-33(48)26-17-13-14-18-28(26)51-8)41-54-30-20-25-19-29(38(25,5)6)39(30,7)55-41/h10-18,22,25,29-31H,9,19-21,23H2,1-8H3,(H,46,47)(H2,42,44,49)(H,43,45,50)/t25-,29+,30?,31?,39+,40+/m1/s1. The fourth-order valence-corrected chi connectivity index (χ4v) is 9.02. The maximum absolute atomic E-state index is 14.8. The summed E-state index contributed by atoms with van der Waals surface area (Å²) < 4.78 is 30.7. The number of amides is 4. The molecule has 300 valence electrons. The average Bonchev–Trinajstić information content (AvgIpc) is 3.78. The van der Waals surface area contributed by atoms with E-state index in [1.165, 1.54) is 7.11 Å². The number of aromatic nitrogens is 1. The number of nitrogens with one attached hydrogen (secondary N) is 4. The summed E-state index contributed by atoms with van der Waals surface area (Å²) in [6, 6.07) is 14.0. The van der Waals surface area contributed by atoms with Crippen molar-refractivity contribution in [2.45, 2.75) is 91.1 Å². The fraction of sp³-hybridized carbons (Fsp3) is 0.525. The summed E-state index contributed by atoms with van der Waals surface area (Å²) >= 11 is 1.06. The van der Waals surface area contributed by atoms with Crippen LogP contribution in [-0.2, 0) is 30.2 Å². The predicted molar refractivity (Wildman–Crippen MR) is 211 cm³/mol. The first-order chi connectivity index (χ1) is 26.5. The number of anilines is 1. The van der Waals surface area contributed by atoms with Crippen LogP contribution in [0.2, 0.25) is 0 Å². The molecule has 3 aliphatic carbocycles. The lowest BCUT2D eigenvalue weighted by Gasteiger charge is -2.64. The van der Waals surface area contributed by atoms with Crippen LogP contribution in [0, 0.1) is 22.7 Å². The molecule has 2 unspecified atom stereocenters. The Hall–Kier alpha value is -4.67. The fourth-order valence-electron chi connectivity index (χ4n) is 8.30. The first-order valence-corrected chi connectivity index (χ1v) is 19.8. The summed E-state index contributed by atoms with van der Waals surface area (Å²) in [6.07, 6.45) is 0.801. The van der Waals surface area contributed by atoms with E-state index in [2.05, 4.69) is 47.0 Å². The second-order valence-electron chi connectivity index (χ2n) is 16.5. The Morgan fingerprint density at radius 3 is 2.41 bits per heavy atom. The summed E-state index contributed by atoms with van der Waals surface area (Å²) in [5.74, 6) is -0.328. The van der Waals surface area contributed by atoms with Crippen LogP contribution in [0.1, 0.15) is 89.0 Å². The van der Waals surface area contributed by atoms with Gasteiger partial charge in [-0.1, -0.05) is 77.1 Å². The zero-order chi connectivity index (χ0) is 40.5. The lowest BCUT2D eigenvalue weighted by molar-refractivity contribution is -0.199. The SMILES string of the molecule is CCNC(=O)NC(C(=O)N[C@](COC(=O)c1ccccc1OC)(B1OC2C[C@H]3C[C@@H](C3(C)C)[C@]2(C)O1)C(C)(C)C)c1csc(NC(=O)OCc2ccccc2)n1. The average molecular weight is 790 g/mol. The minimum absolute atomic E-state index is 0.0411. The Labute approximate surface area is 332 Å². The highest BCUT2D eigenvalue weighted by molar-refractivity contribution is 7.13. The van der Waals surface area contributed by atoms with Gasteiger partial charge in [-0.25, -0.2) is 19.4 Å². The van der Waals surface area contributed by atoms with Crippen molar-refractivity contribution in [3.63, 3.8) is 0 Å². The number of nitrogens with zero attached hydrogens (tertiary/aromatic N) is 1. The van der Waals surface area contributed by atoms with Crippen LogP contribution in [0.3, 0.4) is 0 Å². The zero-order valence-electron chi connectivity index (χ0n) is 33.2. The predicted octanol–water partition coefficient (Wildman–Crippen LogP) is 6.29. The molecule has 16 heteroatoms. The number of rotatable bonds is 13. The number of para-hydroxylation sites is 1. The normalized spacial score (nSPS) is 23.6. The molecular weight excluding hydrogens is 737 g/mol.